The van der Waals surface area contributed by atoms with Gasteiger partial charge in [0.05, 0.1) is 5.52 Å². The Balaban J connectivity index is 0.00000208. The lowest BCUT2D eigenvalue weighted by Gasteiger charge is -2.11. The fourth-order valence-corrected chi connectivity index (χ4v) is 2.94. The number of hydrogen-bond donors (Lipinski definition) is 1. The van der Waals surface area contributed by atoms with E-state index in [0.717, 1.165) is 18.9 Å². The van der Waals surface area contributed by atoms with Gasteiger partial charge in [0, 0.05) is 30.4 Å². The number of aromatic nitrogens is 2. The topological polar surface area (TPSA) is 29.9 Å². The molecule has 3 rings (SSSR count). The van der Waals surface area contributed by atoms with E-state index in [1.807, 2.05) is 12.3 Å². The van der Waals surface area contributed by atoms with E-state index in [2.05, 4.69) is 78.1 Å². The summed E-state index contributed by atoms with van der Waals surface area (Å²) in [5.41, 5.74) is 5.08. The number of hydrogen-bond acceptors (Lipinski definition) is 2. The molecule has 0 radical (unpaired) electrons. The molecule has 0 saturated heterocycles. The maximum atomic E-state index is 4.59. The van der Waals surface area contributed by atoms with Crippen LogP contribution in [0.5, 0.6) is 0 Å². The molecule has 0 aliphatic carbocycles. The number of allylic oxidation sites excluding steroid dienone is 2. The zero-order valence-corrected chi connectivity index (χ0v) is 15.2. The number of aryl methyl sites for hydroxylation is 1. The molecule has 0 unspecified atom stereocenters. The van der Waals surface area contributed by atoms with Gasteiger partial charge < -0.3 is 9.88 Å². The van der Waals surface area contributed by atoms with E-state index >= 15 is 0 Å². The summed E-state index contributed by atoms with van der Waals surface area (Å²) in [5, 5.41) is 4.78. The molecule has 0 saturated carbocycles. The summed E-state index contributed by atoms with van der Waals surface area (Å²) < 4.78 is 2.34. The Kier molecular flexibility index (Phi) is 6.04. The maximum absolute atomic E-state index is 4.59. The third-order valence-corrected chi connectivity index (χ3v) is 4.37. The van der Waals surface area contributed by atoms with Gasteiger partial charge in [0.2, 0.25) is 0 Å². The van der Waals surface area contributed by atoms with Gasteiger partial charge in [-0.15, -0.1) is 12.4 Å². The van der Waals surface area contributed by atoms with Crippen LogP contribution in [0.25, 0.3) is 10.9 Å². The Hall–Kier alpha value is -2.26. The van der Waals surface area contributed by atoms with Crippen molar-refractivity contribution in [2.75, 3.05) is 5.32 Å². The van der Waals surface area contributed by atoms with E-state index in [1.54, 1.807) is 0 Å². The molecule has 4 heteroatoms. The maximum Gasteiger partial charge on any atom is 0.150 e. The average molecular weight is 342 g/mol. The molecule has 3 aromatic rings. The van der Waals surface area contributed by atoms with Crippen molar-refractivity contribution >= 4 is 29.1 Å². The number of anilines is 1. The molecular formula is C20H24ClN3. The van der Waals surface area contributed by atoms with Gasteiger partial charge in [-0.05, 0) is 38.0 Å². The molecule has 0 spiro atoms. The molecule has 1 aromatic carbocycles. The fraction of sp³-hybridized carbons (Fsp3) is 0.250. The monoisotopic (exact) mass is 341 g/mol. The van der Waals surface area contributed by atoms with Crippen LogP contribution in [0.3, 0.4) is 0 Å². The Bertz CT molecular complexity index is 835. The van der Waals surface area contributed by atoms with E-state index in [1.165, 1.54) is 27.7 Å². The first-order chi connectivity index (χ1) is 11.2. The predicted octanol–water partition coefficient (Wildman–Crippen LogP) is 5.26. The second-order valence-corrected chi connectivity index (χ2v) is 5.78. The van der Waals surface area contributed by atoms with E-state index in [9.17, 15) is 0 Å². The van der Waals surface area contributed by atoms with Crippen molar-refractivity contribution in [3.8, 4) is 0 Å². The van der Waals surface area contributed by atoms with Crippen molar-refractivity contribution in [3.63, 3.8) is 0 Å². The molecule has 3 nitrogen and oxygen atoms in total. The van der Waals surface area contributed by atoms with Crippen LogP contribution >= 0.6 is 12.4 Å². The normalized spacial score (nSPS) is 11.0. The van der Waals surface area contributed by atoms with Gasteiger partial charge >= 0.3 is 0 Å². The van der Waals surface area contributed by atoms with Crippen LogP contribution in [0.4, 0.5) is 5.82 Å². The number of benzene rings is 1. The van der Waals surface area contributed by atoms with Crippen molar-refractivity contribution in [1.29, 1.82) is 0 Å². The molecule has 0 fully saturated rings. The summed E-state index contributed by atoms with van der Waals surface area (Å²) in [4.78, 5) is 4.59. The molecule has 0 amide bonds. The molecule has 2 aromatic heterocycles. The Morgan fingerprint density at radius 2 is 1.88 bits per heavy atom. The quantitative estimate of drug-likeness (QED) is 0.641. The second kappa shape index (κ2) is 8.02. The Labute approximate surface area is 149 Å². The number of nitrogens with zero attached hydrogens (tertiary/aromatic N) is 2. The molecule has 0 aliphatic rings. The fourth-order valence-electron chi connectivity index (χ4n) is 2.94. The zero-order valence-electron chi connectivity index (χ0n) is 14.4. The lowest BCUT2D eigenvalue weighted by Crippen LogP contribution is -2.05. The summed E-state index contributed by atoms with van der Waals surface area (Å²) in [6.07, 6.45) is 6.16. The number of rotatable bonds is 5. The van der Waals surface area contributed by atoms with Crippen LogP contribution < -0.4 is 5.32 Å². The highest BCUT2D eigenvalue weighted by Crippen LogP contribution is 2.29. The Morgan fingerprint density at radius 3 is 2.58 bits per heavy atom. The van der Waals surface area contributed by atoms with Gasteiger partial charge in [-0.1, -0.05) is 42.5 Å². The summed E-state index contributed by atoms with van der Waals surface area (Å²) in [7, 11) is 0. The van der Waals surface area contributed by atoms with Crippen LogP contribution in [0.15, 0.2) is 54.7 Å². The van der Waals surface area contributed by atoms with Crippen molar-refractivity contribution in [2.24, 2.45) is 0 Å². The highest BCUT2D eigenvalue weighted by atomic mass is 35.5. The van der Waals surface area contributed by atoms with Crippen molar-refractivity contribution in [2.45, 2.75) is 33.9 Å². The van der Waals surface area contributed by atoms with Crippen LogP contribution in [0, 0.1) is 13.8 Å². The van der Waals surface area contributed by atoms with Gasteiger partial charge in [0.25, 0.3) is 0 Å². The predicted molar refractivity (Wildman–Crippen MR) is 105 cm³/mol. The largest absolute Gasteiger partial charge is 0.364 e. The van der Waals surface area contributed by atoms with E-state index in [4.69, 9.17) is 0 Å². The van der Waals surface area contributed by atoms with E-state index in [0.29, 0.717) is 0 Å². The van der Waals surface area contributed by atoms with Crippen LogP contribution in [0.1, 0.15) is 23.7 Å². The van der Waals surface area contributed by atoms with Crippen molar-refractivity contribution in [1.82, 2.24) is 9.55 Å². The minimum atomic E-state index is 0. The van der Waals surface area contributed by atoms with Crippen LogP contribution in [-0.4, -0.2) is 9.55 Å². The highest BCUT2D eigenvalue weighted by Gasteiger charge is 2.14. The molecule has 126 valence electrons. The van der Waals surface area contributed by atoms with Crippen molar-refractivity contribution in [3.05, 3.63) is 71.6 Å². The summed E-state index contributed by atoms with van der Waals surface area (Å²) in [6.45, 7) is 8.07. The summed E-state index contributed by atoms with van der Waals surface area (Å²) in [6, 6.07) is 12.5. The number of fused-ring (bicyclic) bond motifs is 1. The standard InChI is InChI=1S/C20H23N3.ClH/c1-4-5-13-23-16(3)15(2)18-11-12-21-20(19(18)23)22-14-17-9-7-6-8-10-17;/h4-12H,13-14H2,1-3H3,(H,21,22);1H. The highest BCUT2D eigenvalue weighted by molar-refractivity contribution is 5.93. The van der Waals surface area contributed by atoms with E-state index < -0.39 is 0 Å². The first kappa shape index (κ1) is 18.1. The van der Waals surface area contributed by atoms with Gasteiger partial charge in [0.1, 0.15) is 0 Å². The molecule has 0 bridgehead atoms. The third-order valence-electron chi connectivity index (χ3n) is 4.37. The third kappa shape index (κ3) is 3.46. The molecular weight excluding hydrogens is 318 g/mol. The molecule has 1 N–H and O–H groups in total. The number of nitrogens with one attached hydrogen (secondary N) is 1. The first-order valence-electron chi connectivity index (χ1n) is 8.05. The minimum Gasteiger partial charge on any atom is -0.364 e. The minimum absolute atomic E-state index is 0. The first-order valence-corrected chi connectivity index (χ1v) is 8.05. The van der Waals surface area contributed by atoms with Crippen LogP contribution in [-0.2, 0) is 13.1 Å². The van der Waals surface area contributed by atoms with Gasteiger partial charge in [-0.3, -0.25) is 0 Å². The lowest BCUT2D eigenvalue weighted by atomic mass is 10.2. The summed E-state index contributed by atoms with van der Waals surface area (Å²) >= 11 is 0. The Morgan fingerprint density at radius 1 is 1.12 bits per heavy atom. The molecule has 0 atom stereocenters. The van der Waals surface area contributed by atoms with Gasteiger partial charge in [-0.25, -0.2) is 4.98 Å². The number of pyridine rings is 1. The zero-order chi connectivity index (χ0) is 16.2. The number of halogens is 1. The van der Waals surface area contributed by atoms with E-state index in [-0.39, 0.29) is 12.4 Å². The average Bonchev–Trinajstić information content (AvgIpc) is 2.84. The van der Waals surface area contributed by atoms with Crippen molar-refractivity contribution < 1.29 is 0 Å². The smallest absolute Gasteiger partial charge is 0.150 e. The van der Waals surface area contributed by atoms with Crippen LogP contribution in [0.2, 0.25) is 0 Å². The second-order valence-electron chi connectivity index (χ2n) is 5.78. The lowest BCUT2D eigenvalue weighted by molar-refractivity contribution is 0.820. The molecule has 2 heterocycles. The molecule has 0 aliphatic heterocycles. The van der Waals surface area contributed by atoms with Gasteiger partial charge in [-0.2, -0.15) is 0 Å². The SMILES string of the molecule is CC=CCn1c(C)c(C)c2ccnc(NCc3ccccc3)c21.Cl. The molecule has 24 heavy (non-hydrogen) atoms. The van der Waals surface area contributed by atoms with Gasteiger partial charge in [0.15, 0.2) is 5.82 Å². The summed E-state index contributed by atoms with van der Waals surface area (Å²) in [5.74, 6) is 0.951.